The number of amides is 1. The predicted octanol–water partition coefficient (Wildman–Crippen LogP) is 1.39. The molecule has 0 aliphatic rings. The highest BCUT2D eigenvalue weighted by Crippen LogP contribution is 2.17. The number of nitrogens with zero attached hydrogens (tertiary/aromatic N) is 2. The molecule has 0 saturated heterocycles. The number of nitrogens with one attached hydrogen (secondary N) is 2. The van der Waals surface area contributed by atoms with Crippen LogP contribution in [-0.4, -0.2) is 26.0 Å². The molecule has 0 saturated carbocycles. The first-order chi connectivity index (χ1) is 8.72. The van der Waals surface area contributed by atoms with Gasteiger partial charge in [0.25, 0.3) is 5.91 Å². The van der Waals surface area contributed by atoms with E-state index in [1.54, 1.807) is 12.4 Å². The van der Waals surface area contributed by atoms with Crippen LogP contribution in [0.15, 0.2) is 30.9 Å². The zero-order valence-corrected chi connectivity index (χ0v) is 9.92. The Balaban J connectivity index is 2.14. The van der Waals surface area contributed by atoms with Gasteiger partial charge in [-0.1, -0.05) is 6.92 Å². The SMILES string of the molecule is CCC(NC(=O)c1ccncc1O)c1ncc[nH]1. The van der Waals surface area contributed by atoms with Gasteiger partial charge < -0.3 is 15.4 Å². The molecule has 6 nitrogen and oxygen atoms in total. The van der Waals surface area contributed by atoms with Crippen molar-refractivity contribution in [1.82, 2.24) is 20.3 Å². The lowest BCUT2D eigenvalue weighted by Gasteiger charge is -2.14. The lowest BCUT2D eigenvalue weighted by Crippen LogP contribution is -2.28. The molecule has 0 aliphatic heterocycles. The molecule has 94 valence electrons. The average molecular weight is 246 g/mol. The number of aromatic nitrogens is 3. The number of hydrogen-bond donors (Lipinski definition) is 3. The van der Waals surface area contributed by atoms with Crippen molar-refractivity contribution in [2.75, 3.05) is 0 Å². The lowest BCUT2D eigenvalue weighted by molar-refractivity contribution is 0.0931. The summed E-state index contributed by atoms with van der Waals surface area (Å²) in [4.78, 5) is 22.8. The summed E-state index contributed by atoms with van der Waals surface area (Å²) in [6, 6.07) is 1.26. The molecule has 0 radical (unpaired) electrons. The Morgan fingerprint density at radius 1 is 1.56 bits per heavy atom. The minimum Gasteiger partial charge on any atom is -0.505 e. The van der Waals surface area contributed by atoms with Gasteiger partial charge in [0.2, 0.25) is 0 Å². The molecule has 0 aliphatic carbocycles. The second-order valence-corrected chi connectivity index (χ2v) is 3.80. The molecule has 2 rings (SSSR count). The van der Waals surface area contributed by atoms with Gasteiger partial charge in [-0.25, -0.2) is 4.98 Å². The Kier molecular flexibility index (Phi) is 3.57. The number of aromatic amines is 1. The second kappa shape index (κ2) is 5.31. The van der Waals surface area contributed by atoms with Crippen LogP contribution in [0, 0.1) is 0 Å². The predicted molar refractivity (Wildman–Crippen MR) is 65.0 cm³/mol. The average Bonchev–Trinajstić information content (AvgIpc) is 2.90. The molecule has 2 heterocycles. The van der Waals surface area contributed by atoms with E-state index in [0.717, 1.165) is 0 Å². The van der Waals surface area contributed by atoms with Crippen LogP contribution in [-0.2, 0) is 0 Å². The van der Waals surface area contributed by atoms with E-state index in [-0.39, 0.29) is 23.3 Å². The van der Waals surface area contributed by atoms with Gasteiger partial charge in [-0.05, 0) is 12.5 Å². The highest BCUT2D eigenvalue weighted by molar-refractivity contribution is 5.96. The van der Waals surface area contributed by atoms with E-state index < -0.39 is 0 Å². The summed E-state index contributed by atoms with van der Waals surface area (Å²) in [5.41, 5.74) is 0.204. The largest absolute Gasteiger partial charge is 0.505 e. The van der Waals surface area contributed by atoms with Gasteiger partial charge in [0.15, 0.2) is 0 Å². The summed E-state index contributed by atoms with van der Waals surface area (Å²) in [5.74, 6) is 0.210. The smallest absolute Gasteiger partial charge is 0.255 e. The highest BCUT2D eigenvalue weighted by Gasteiger charge is 2.17. The maximum absolute atomic E-state index is 12.0. The summed E-state index contributed by atoms with van der Waals surface area (Å²) in [7, 11) is 0. The van der Waals surface area contributed by atoms with Gasteiger partial charge in [0, 0.05) is 18.6 Å². The third-order valence-electron chi connectivity index (χ3n) is 2.61. The normalized spacial score (nSPS) is 12.1. The van der Waals surface area contributed by atoms with Crippen LogP contribution < -0.4 is 5.32 Å². The van der Waals surface area contributed by atoms with Crippen LogP contribution in [0.25, 0.3) is 0 Å². The summed E-state index contributed by atoms with van der Waals surface area (Å²) < 4.78 is 0. The molecule has 2 aromatic heterocycles. The number of aromatic hydroxyl groups is 1. The van der Waals surface area contributed by atoms with Crippen molar-refractivity contribution in [3.05, 3.63) is 42.2 Å². The van der Waals surface area contributed by atoms with E-state index in [0.29, 0.717) is 12.2 Å². The molecule has 1 atom stereocenters. The summed E-state index contributed by atoms with van der Waals surface area (Å²) >= 11 is 0. The first-order valence-corrected chi connectivity index (χ1v) is 5.65. The number of hydrogen-bond acceptors (Lipinski definition) is 4. The molecule has 18 heavy (non-hydrogen) atoms. The van der Waals surface area contributed by atoms with E-state index in [9.17, 15) is 9.90 Å². The molecule has 2 aromatic rings. The maximum Gasteiger partial charge on any atom is 0.255 e. The molecule has 6 heteroatoms. The van der Waals surface area contributed by atoms with Crippen LogP contribution in [0.4, 0.5) is 0 Å². The standard InChI is InChI=1S/C12H14N4O2/c1-2-9(11-14-5-6-15-11)16-12(18)8-3-4-13-7-10(8)17/h3-7,9,17H,2H2,1H3,(H,14,15)(H,16,18). The van der Waals surface area contributed by atoms with Crippen LogP contribution >= 0.6 is 0 Å². The Labute approximate surface area is 104 Å². The van der Waals surface area contributed by atoms with Gasteiger partial charge in [-0.2, -0.15) is 0 Å². The van der Waals surface area contributed by atoms with E-state index in [1.807, 2.05) is 6.92 Å². The third-order valence-corrected chi connectivity index (χ3v) is 2.61. The van der Waals surface area contributed by atoms with Crippen molar-refractivity contribution in [1.29, 1.82) is 0 Å². The van der Waals surface area contributed by atoms with Crippen LogP contribution in [0.1, 0.15) is 35.6 Å². The van der Waals surface area contributed by atoms with Crippen LogP contribution in [0.3, 0.4) is 0 Å². The van der Waals surface area contributed by atoms with E-state index in [1.165, 1.54) is 18.5 Å². The molecule has 3 N–H and O–H groups in total. The molecular formula is C12H14N4O2. The Morgan fingerprint density at radius 3 is 3.00 bits per heavy atom. The van der Waals surface area contributed by atoms with Crippen molar-refractivity contribution >= 4 is 5.91 Å². The van der Waals surface area contributed by atoms with Gasteiger partial charge in [0.1, 0.15) is 11.6 Å². The van der Waals surface area contributed by atoms with Crippen molar-refractivity contribution in [3.63, 3.8) is 0 Å². The number of imidazole rings is 1. The van der Waals surface area contributed by atoms with Crippen molar-refractivity contribution in [2.24, 2.45) is 0 Å². The monoisotopic (exact) mass is 246 g/mol. The number of carbonyl (C=O) groups excluding carboxylic acids is 1. The number of pyridine rings is 1. The summed E-state index contributed by atoms with van der Waals surface area (Å²) in [6.07, 6.45) is 6.73. The quantitative estimate of drug-likeness (QED) is 0.760. The fourth-order valence-corrected chi connectivity index (χ4v) is 1.65. The summed E-state index contributed by atoms with van der Waals surface area (Å²) in [5, 5.41) is 12.4. The minimum absolute atomic E-state index is 0.135. The Bertz CT molecular complexity index is 525. The van der Waals surface area contributed by atoms with Gasteiger partial charge in [-0.15, -0.1) is 0 Å². The second-order valence-electron chi connectivity index (χ2n) is 3.80. The zero-order chi connectivity index (χ0) is 13.0. The van der Waals surface area contributed by atoms with Gasteiger partial charge in [-0.3, -0.25) is 9.78 Å². The number of rotatable bonds is 4. The Morgan fingerprint density at radius 2 is 2.39 bits per heavy atom. The van der Waals surface area contributed by atoms with Crippen molar-refractivity contribution in [3.8, 4) is 5.75 Å². The van der Waals surface area contributed by atoms with Gasteiger partial charge in [0.05, 0.1) is 17.8 Å². The lowest BCUT2D eigenvalue weighted by atomic mass is 10.1. The summed E-state index contributed by atoms with van der Waals surface area (Å²) in [6.45, 7) is 1.94. The highest BCUT2D eigenvalue weighted by atomic mass is 16.3. The maximum atomic E-state index is 12.0. The molecule has 1 unspecified atom stereocenters. The number of carbonyl (C=O) groups is 1. The van der Waals surface area contributed by atoms with Crippen molar-refractivity contribution in [2.45, 2.75) is 19.4 Å². The zero-order valence-electron chi connectivity index (χ0n) is 9.92. The van der Waals surface area contributed by atoms with E-state index in [4.69, 9.17) is 0 Å². The Hall–Kier alpha value is -2.37. The van der Waals surface area contributed by atoms with E-state index >= 15 is 0 Å². The first-order valence-electron chi connectivity index (χ1n) is 5.65. The fraction of sp³-hybridized carbons (Fsp3) is 0.250. The molecule has 0 aromatic carbocycles. The van der Waals surface area contributed by atoms with Crippen LogP contribution in [0.2, 0.25) is 0 Å². The first kappa shape index (κ1) is 12.1. The molecule has 1 amide bonds. The fourth-order valence-electron chi connectivity index (χ4n) is 1.65. The molecular weight excluding hydrogens is 232 g/mol. The molecule has 0 fully saturated rings. The van der Waals surface area contributed by atoms with Gasteiger partial charge >= 0.3 is 0 Å². The third kappa shape index (κ3) is 2.48. The number of H-pyrrole nitrogens is 1. The topological polar surface area (TPSA) is 90.9 Å². The van der Waals surface area contributed by atoms with Crippen molar-refractivity contribution < 1.29 is 9.90 Å². The van der Waals surface area contributed by atoms with Crippen LogP contribution in [0.5, 0.6) is 5.75 Å². The molecule has 0 bridgehead atoms. The minimum atomic E-state index is -0.349. The molecule has 0 spiro atoms. The van der Waals surface area contributed by atoms with E-state index in [2.05, 4.69) is 20.3 Å².